The van der Waals surface area contributed by atoms with Crippen molar-refractivity contribution in [1.82, 2.24) is 5.32 Å². The summed E-state index contributed by atoms with van der Waals surface area (Å²) in [5.74, 6) is -0.186. The van der Waals surface area contributed by atoms with Gasteiger partial charge in [-0.15, -0.1) is 0 Å². The highest BCUT2D eigenvalue weighted by atomic mass is 16.5. The summed E-state index contributed by atoms with van der Waals surface area (Å²) in [6, 6.07) is 0.125. The smallest absolute Gasteiger partial charge is 0.252 e. The van der Waals surface area contributed by atoms with Crippen LogP contribution in [0, 0.1) is 5.41 Å². The fourth-order valence-corrected chi connectivity index (χ4v) is 3.84. The second-order valence-electron chi connectivity index (χ2n) is 6.44. The molecule has 0 aromatic carbocycles. The number of aliphatic hydroxyl groups is 1. The Balaban J connectivity index is 1.65. The quantitative estimate of drug-likeness (QED) is 0.807. The topological polar surface area (TPSA) is 67.8 Å². The molecule has 5 heteroatoms. The molecule has 0 unspecified atom stereocenters. The van der Waals surface area contributed by atoms with Gasteiger partial charge in [0.1, 0.15) is 5.60 Å². The van der Waals surface area contributed by atoms with Gasteiger partial charge in [-0.2, -0.15) is 0 Å². The van der Waals surface area contributed by atoms with E-state index in [2.05, 4.69) is 5.32 Å². The van der Waals surface area contributed by atoms with Crippen molar-refractivity contribution in [3.63, 3.8) is 0 Å². The Kier molecular flexibility index (Phi) is 3.77. The maximum Gasteiger partial charge on any atom is 0.252 e. The average Bonchev–Trinajstić information content (AvgIpc) is 2.44. The first kappa shape index (κ1) is 14.3. The first-order valence-electron chi connectivity index (χ1n) is 7.83. The molecule has 2 aliphatic carbocycles. The van der Waals surface area contributed by atoms with Crippen LogP contribution in [0.4, 0.5) is 0 Å². The molecule has 2 N–H and O–H groups in total. The fourth-order valence-electron chi connectivity index (χ4n) is 3.84. The van der Waals surface area contributed by atoms with Gasteiger partial charge in [-0.1, -0.05) is 0 Å². The van der Waals surface area contributed by atoms with Gasteiger partial charge in [-0.3, -0.25) is 4.79 Å². The predicted octanol–water partition coefficient (Wildman–Crippen LogP) is 0.992. The monoisotopic (exact) mass is 283 g/mol. The zero-order chi connectivity index (χ0) is 14.2. The second kappa shape index (κ2) is 5.28. The number of hydrogen-bond donors (Lipinski definition) is 2. The van der Waals surface area contributed by atoms with Crippen LogP contribution in [0.25, 0.3) is 0 Å². The van der Waals surface area contributed by atoms with Gasteiger partial charge in [0.05, 0.1) is 6.10 Å². The van der Waals surface area contributed by atoms with E-state index in [0.717, 1.165) is 38.9 Å². The number of amides is 1. The molecule has 5 nitrogen and oxygen atoms in total. The number of carbonyl (C=O) groups is 1. The lowest BCUT2D eigenvalue weighted by molar-refractivity contribution is -0.182. The largest absolute Gasteiger partial charge is 0.381 e. The zero-order valence-electron chi connectivity index (χ0n) is 12.2. The van der Waals surface area contributed by atoms with Crippen molar-refractivity contribution in [3.8, 4) is 0 Å². The second-order valence-corrected chi connectivity index (χ2v) is 6.44. The van der Waals surface area contributed by atoms with Gasteiger partial charge in [-0.05, 0) is 45.4 Å². The maximum absolute atomic E-state index is 12.2. The Bertz CT molecular complexity index is 374. The van der Waals surface area contributed by atoms with Gasteiger partial charge in [0.25, 0.3) is 5.91 Å². The van der Waals surface area contributed by atoms with Crippen LogP contribution in [0.15, 0.2) is 0 Å². The Hall–Kier alpha value is -0.650. The van der Waals surface area contributed by atoms with Crippen LogP contribution in [0.2, 0.25) is 0 Å². The summed E-state index contributed by atoms with van der Waals surface area (Å²) < 4.78 is 11.3. The van der Waals surface area contributed by atoms with Crippen LogP contribution >= 0.6 is 0 Å². The molecule has 1 spiro atoms. The van der Waals surface area contributed by atoms with Crippen molar-refractivity contribution in [2.24, 2.45) is 5.41 Å². The van der Waals surface area contributed by atoms with Gasteiger partial charge in [-0.25, -0.2) is 0 Å². The van der Waals surface area contributed by atoms with Crippen molar-refractivity contribution in [3.05, 3.63) is 0 Å². The number of nitrogens with one attached hydrogen (secondary N) is 1. The molecule has 1 aliphatic heterocycles. The van der Waals surface area contributed by atoms with Crippen molar-refractivity contribution in [1.29, 1.82) is 0 Å². The van der Waals surface area contributed by atoms with Crippen LogP contribution in [0.5, 0.6) is 0 Å². The van der Waals surface area contributed by atoms with Gasteiger partial charge < -0.3 is 19.9 Å². The molecule has 0 aromatic rings. The van der Waals surface area contributed by atoms with Gasteiger partial charge in [0, 0.05) is 31.3 Å². The van der Waals surface area contributed by atoms with Crippen LogP contribution in [0.1, 0.15) is 45.4 Å². The first-order valence-corrected chi connectivity index (χ1v) is 7.83. The minimum absolute atomic E-state index is 0.0179. The average molecular weight is 283 g/mol. The molecule has 3 rings (SSSR count). The van der Waals surface area contributed by atoms with Crippen LogP contribution in [-0.2, 0) is 14.3 Å². The van der Waals surface area contributed by atoms with E-state index in [0.29, 0.717) is 19.4 Å². The number of carbonyl (C=O) groups excluding carboxylic acids is 1. The molecule has 20 heavy (non-hydrogen) atoms. The van der Waals surface area contributed by atoms with Crippen LogP contribution in [0.3, 0.4) is 0 Å². The third-order valence-electron chi connectivity index (χ3n) is 5.49. The summed E-state index contributed by atoms with van der Waals surface area (Å²) in [4.78, 5) is 12.2. The molecule has 3 fully saturated rings. The molecular formula is C15H25NO4. The summed E-state index contributed by atoms with van der Waals surface area (Å²) in [6.07, 6.45) is 5.07. The van der Waals surface area contributed by atoms with E-state index < -0.39 is 5.60 Å². The van der Waals surface area contributed by atoms with Crippen molar-refractivity contribution in [2.75, 3.05) is 19.8 Å². The molecule has 3 aliphatic rings. The van der Waals surface area contributed by atoms with E-state index in [4.69, 9.17) is 9.47 Å². The predicted molar refractivity (Wildman–Crippen MR) is 73.2 cm³/mol. The summed E-state index contributed by atoms with van der Waals surface area (Å²) in [6.45, 7) is 4.19. The van der Waals surface area contributed by atoms with Crippen molar-refractivity contribution >= 4 is 5.91 Å². The van der Waals surface area contributed by atoms with Gasteiger partial charge in [0.2, 0.25) is 0 Å². The first-order chi connectivity index (χ1) is 9.61. The molecule has 1 saturated heterocycles. The normalized spacial score (nSPS) is 34.1. The molecular weight excluding hydrogens is 258 g/mol. The standard InChI is InChI=1S/C15H25NO4/c1-2-20-12-10-11(14(12)6-8-19-9-7-14)16-13(17)15(18)4-3-5-15/h11-12,18H,2-10H2,1H3,(H,16,17)/t11-,12-/m1/s1. The lowest BCUT2D eigenvalue weighted by Crippen LogP contribution is -2.68. The third kappa shape index (κ3) is 2.16. The van der Waals surface area contributed by atoms with Crippen LogP contribution < -0.4 is 5.32 Å². The molecule has 1 heterocycles. The Morgan fingerprint density at radius 2 is 2.05 bits per heavy atom. The summed E-state index contributed by atoms with van der Waals surface area (Å²) >= 11 is 0. The molecule has 0 aromatic heterocycles. The number of rotatable bonds is 4. The molecule has 0 radical (unpaired) electrons. The van der Waals surface area contributed by atoms with E-state index in [-0.39, 0.29) is 23.5 Å². The summed E-state index contributed by atoms with van der Waals surface area (Å²) in [5.41, 5.74) is -1.09. The highest BCUT2D eigenvalue weighted by Crippen LogP contribution is 2.51. The fraction of sp³-hybridized carbons (Fsp3) is 0.933. The Morgan fingerprint density at radius 1 is 1.35 bits per heavy atom. The van der Waals surface area contributed by atoms with E-state index in [1.165, 1.54) is 0 Å². The lowest BCUT2D eigenvalue weighted by Gasteiger charge is -2.57. The highest BCUT2D eigenvalue weighted by Gasteiger charge is 2.57. The summed E-state index contributed by atoms with van der Waals surface area (Å²) in [5, 5.41) is 13.2. The van der Waals surface area contributed by atoms with Gasteiger partial charge >= 0.3 is 0 Å². The number of hydrogen-bond acceptors (Lipinski definition) is 4. The Morgan fingerprint density at radius 3 is 2.60 bits per heavy atom. The zero-order valence-corrected chi connectivity index (χ0v) is 12.2. The maximum atomic E-state index is 12.2. The van der Waals surface area contributed by atoms with E-state index in [1.807, 2.05) is 6.92 Å². The van der Waals surface area contributed by atoms with Crippen LogP contribution in [-0.4, -0.2) is 48.6 Å². The number of ether oxygens (including phenoxy) is 2. The minimum Gasteiger partial charge on any atom is -0.381 e. The SMILES string of the molecule is CCO[C@@H]1C[C@@H](NC(=O)C2(O)CCC2)C12CCOCC2. The van der Waals surface area contributed by atoms with E-state index in [9.17, 15) is 9.90 Å². The minimum atomic E-state index is -1.11. The molecule has 1 amide bonds. The third-order valence-corrected chi connectivity index (χ3v) is 5.49. The lowest BCUT2D eigenvalue weighted by atomic mass is 9.57. The highest BCUT2D eigenvalue weighted by molar-refractivity contribution is 5.86. The molecule has 0 bridgehead atoms. The Labute approximate surface area is 120 Å². The molecule has 2 saturated carbocycles. The molecule has 2 atom stereocenters. The van der Waals surface area contributed by atoms with Crippen molar-refractivity contribution < 1.29 is 19.4 Å². The molecule has 114 valence electrons. The van der Waals surface area contributed by atoms with E-state index in [1.54, 1.807) is 0 Å². The summed E-state index contributed by atoms with van der Waals surface area (Å²) in [7, 11) is 0. The van der Waals surface area contributed by atoms with E-state index >= 15 is 0 Å². The van der Waals surface area contributed by atoms with Crippen molar-refractivity contribution in [2.45, 2.75) is 63.2 Å². The van der Waals surface area contributed by atoms with Gasteiger partial charge in [0.15, 0.2) is 0 Å².